The van der Waals surface area contributed by atoms with Crippen LogP contribution in [0.1, 0.15) is 11.3 Å². The zero-order chi connectivity index (χ0) is 17.8. The maximum absolute atomic E-state index is 11.7. The highest BCUT2D eigenvalue weighted by atomic mass is 16.2. The number of amides is 2. The molecule has 26 heavy (non-hydrogen) atoms. The maximum atomic E-state index is 11.7. The van der Waals surface area contributed by atoms with Crippen LogP contribution in [0.3, 0.4) is 0 Å². The number of hydrogen-bond donors (Lipinski definition) is 3. The molecule has 1 saturated heterocycles. The van der Waals surface area contributed by atoms with Crippen LogP contribution in [0.5, 0.6) is 0 Å². The van der Waals surface area contributed by atoms with Gasteiger partial charge in [0.15, 0.2) is 5.82 Å². The van der Waals surface area contributed by atoms with Crippen LogP contribution >= 0.6 is 0 Å². The molecule has 1 fully saturated rings. The molecule has 0 aliphatic carbocycles. The number of urea groups is 1. The normalized spacial score (nSPS) is 16.8. The van der Waals surface area contributed by atoms with Crippen LogP contribution < -0.4 is 16.0 Å². The van der Waals surface area contributed by atoms with Crippen molar-refractivity contribution < 1.29 is 4.79 Å². The summed E-state index contributed by atoms with van der Waals surface area (Å²) in [6, 6.07) is 5.76. The van der Waals surface area contributed by atoms with Gasteiger partial charge in [-0.2, -0.15) is 0 Å². The third-order valence-electron chi connectivity index (χ3n) is 4.70. The van der Waals surface area contributed by atoms with Gasteiger partial charge in [-0.15, -0.1) is 0 Å². The molecule has 0 aromatic carbocycles. The van der Waals surface area contributed by atoms with Crippen molar-refractivity contribution in [1.29, 1.82) is 0 Å². The fourth-order valence-electron chi connectivity index (χ4n) is 3.33. The number of pyridine rings is 1. The van der Waals surface area contributed by atoms with Crippen LogP contribution in [0.2, 0.25) is 0 Å². The highest BCUT2D eigenvalue weighted by molar-refractivity contribution is 5.76. The van der Waals surface area contributed by atoms with E-state index in [2.05, 4.69) is 20.9 Å². The molecule has 0 unspecified atom stereocenters. The Morgan fingerprint density at radius 3 is 2.88 bits per heavy atom. The first-order valence-electron chi connectivity index (χ1n) is 9.10. The van der Waals surface area contributed by atoms with Crippen molar-refractivity contribution in [3.63, 3.8) is 0 Å². The van der Waals surface area contributed by atoms with Crippen molar-refractivity contribution in [2.24, 2.45) is 0 Å². The van der Waals surface area contributed by atoms with Crippen molar-refractivity contribution in [1.82, 2.24) is 30.5 Å². The molecule has 0 spiro atoms. The summed E-state index contributed by atoms with van der Waals surface area (Å²) in [7, 11) is 0. The number of carbonyl (C=O) groups is 1. The summed E-state index contributed by atoms with van der Waals surface area (Å²) in [5.74, 6) is 1.51. The van der Waals surface area contributed by atoms with Crippen LogP contribution in [0, 0.1) is 0 Å². The Hall–Kier alpha value is -2.74. The summed E-state index contributed by atoms with van der Waals surface area (Å²) in [5.41, 5.74) is 3.02. The van der Waals surface area contributed by atoms with E-state index in [9.17, 15) is 4.79 Å². The largest absolute Gasteiger partial charge is 0.368 e. The van der Waals surface area contributed by atoms with Gasteiger partial charge in [-0.1, -0.05) is 6.07 Å². The third kappa shape index (κ3) is 3.60. The van der Waals surface area contributed by atoms with Gasteiger partial charge in [-0.25, -0.2) is 14.8 Å². The molecule has 0 radical (unpaired) electrons. The molecule has 2 amide bonds. The lowest BCUT2D eigenvalue weighted by Gasteiger charge is -2.17. The summed E-state index contributed by atoms with van der Waals surface area (Å²) in [5, 5.41) is 9.67. The monoisotopic (exact) mass is 353 g/mol. The van der Waals surface area contributed by atoms with Crippen molar-refractivity contribution in [2.45, 2.75) is 12.8 Å². The van der Waals surface area contributed by atoms with E-state index in [1.165, 1.54) is 5.56 Å². The van der Waals surface area contributed by atoms with Crippen molar-refractivity contribution in [2.75, 3.05) is 44.6 Å². The van der Waals surface area contributed by atoms with E-state index in [-0.39, 0.29) is 6.03 Å². The summed E-state index contributed by atoms with van der Waals surface area (Å²) < 4.78 is 0. The molecule has 0 bridgehead atoms. The fraction of sp³-hybridized carbons (Fsp3) is 0.444. The Balaban J connectivity index is 1.57. The van der Waals surface area contributed by atoms with Crippen LogP contribution in [-0.4, -0.2) is 65.2 Å². The average molecular weight is 353 g/mol. The lowest BCUT2D eigenvalue weighted by Crippen LogP contribution is -2.32. The lowest BCUT2D eigenvalue weighted by molar-refractivity contribution is 0.219. The van der Waals surface area contributed by atoms with E-state index in [4.69, 9.17) is 9.97 Å². The van der Waals surface area contributed by atoms with E-state index >= 15 is 0 Å². The van der Waals surface area contributed by atoms with Crippen LogP contribution in [0.25, 0.3) is 11.5 Å². The molecule has 4 heterocycles. The third-order valence-corrected chi connectivity index (χ3v) is 4.70. The predicted molar refractivity (Wildman–Crippen MR) is 99.0 cm³/mol. The highest BCUT2D eigenvalue weighted by Gasteiger charge is 2.20. The summed E-state index contributed by atoms with van der Waals surface area (Å²) >= 11 is 0. The second-order valence-corrected chi connectivity index (χ2v) is 6.43. The average Bonchev–Trinajstić information content (AvgIpc) is 2.93. The Labute approximate surface area is 152 Å². The van der Waals surface area contributed by atoms with E-state index < -0.39 is 0 Å². The first-order valence-corrected chi connectivity index (χ1v) is 9.10. The Kier molecular flexibility index (Phi) is 4.92. The molecule has 8 heteroatoms. The Morgan fingerprint density at radius 2 is 2.08 bits per heavy atom. The van der Waals surface area contributed by atoms with Crippen LogP contribution in [0.4, 0.5) is 10.6 Å². The van der Waals surface area contributed by atoms with E-state index in [1.54, 1.807) is 6.20 Å². The summed E-state index contributed by atoms with van der Waals surface area (Å²) in [4.78, 5) is 27.4. The van der Waals surface area contributed by atoms with Crippen LogP contribution in [-0.2, 0) is 12.8 Å². The van der Waals surface area contributed by atoms with Gasteiger partial charge in [0.1, 0.15) is 11.5 Å². The number of aromatic nitrogens is 3. The number of anilines is 1. The first kappa shape index (κ1) is 16.7. The zero-order valence-electron chi connectivity index (χ0n) is 14.7. The molecule has 0 atom stereocenters. The second-order valence-electron chi connectivity index (χ2n) is 6.43. The second kappa shape index (κ2) is 7.65. The van der Waals surface area contributed by atoms with Gasteiger partial charge in [0.2, 0.25) is 0 Å². The number of nitrogens with one attached hydrogen (secondary N) is 3. The Morgan fingerprint density at radius 1 is 1.15 bits per heavy atom. The first-order chi connectivity index (χ1) is 12.8. The highest BCUT2D eigenvalue weighted by Crippen LogP contribution is 2.23. The zero-order valence-corrected chi connectivity index (χ0v) is 14.7. The minimum Gasteiger partial charge on any atom is -0.368 e. The van der Waals surface area contributed by atoms with E-state index in [0.717, 1.165) is 56.2 Å². The standard InChI is InChI=1S/C18H23N7O/c26-18-22-10-12-25(18)11-9-21-16-13-4-7-19-8-5-14(13)23-17(24-16)15-3-1-2-6-20-15/h1-3,6,19H,4-5,7-12H2,(H,22,26)(H,21,23,24). The van der Waals surface area contributed by atoms with Gasteiger partial charge in [-0.05, 0) is 25.1 Å². The number of fused-ring (bicyclic) bond motifs is 1. The number of nitrogens with zero attached hydrogens (tertiary/aromatic N) is 4. The predicted octanol–water partition coefficient (Wildman–Crippen LogP) is 0.664. The van der Waals surface area contributed by atoms with E-state index in [0.29, 0.717) is 18.9 Å². The number of carbonyl (C=O) groups excluding carboxylic acids is 1. The molecular formula is C18H23N7O. The van der Waals surface area contributed by atoms with Gasteiger partial charge in [0.25, 0.3) is 0 Å². The quantitative estimate of drug-likeness (QED) is 0.731. The minimum absolute atomic E-state index is 0.00620. The molecule has 8 nitrogen and oxygen atoms in total. The Bertz CT molecular complexity index is 781. The molecule has 2 aliphatic heterocycles. The SMILES string of the molecule is O=C1NCCN1CCNc1nc(-c2ccccn2)nc2c1CCNCC2. The molecule has 2 aromatic rings. The molecule has 0 saturated carbocycles. The van der Waals surface area contributed by atoms with Gasteiger partial charge >= 0.3 is 6.03 Å². The van der Waals surface area contributed by atoms with E-state index in [1.807, 2.05) is 23.1 Å². The fourth-order valence-corrected chi connectivity index (χ4v) is 3.33. The topological polar surface area (TPSA) is 95.1 Å². The summed E-state index contributed by atoms with van der Waals surface area (Å²) in [6.07, 6.45) is 3.52. The lowest BCUT2D eigenvalue weighted by atomic mass is 10.1. The van der Waals surface area contributed by atoms with Crippen LogP contribution in [0.15, 0.2) is 24.4 Å². The number of rotatable bonds is 5. The van der Waals surface area contributed by atoms with Crippen molar-refractivity contribution in [3.8, 4) is 11.5 Å². The van der Waals surface area contributed by atoms with Gasteiger partial charge in [0, 0.05) is 50.9 Å². The van der Waals surface area contributed by atoms with Gasteiger partial charge in [0.05, 0.1) is 5.69 Å². The smallest absolute Gasteiger partial charge is 0.317 e. The van der Waals surface area contributed by atoms with Crippen molar-refractivity contribution in [3.05, 3.63) is 35.7 Å². The minimum atomic E-state index is 0.00620. The van der Waals surface area contributed by atoms with Gasteiger partial charge in [-0.3, -0.25) is 4.98 Å². The molecule has 2 aromatic heterocycles. The van der Waals surface area contributed by atoms with Gasteiger partial charge < -0.3 is 20.9 Å². The summed E-state index contributed by atoms with van der Waals surface area (Å²) in [6.45, 7) is 4.62. The number of hydrogen-bond acceptors (Lipinski definition) is 6. The maximum Gasteiger partial charge on any atom is 0.317 e. The molecule has 136 valence electrons. The molecule has 4 rings (SSSR count). The molecule has 2 aliphatic rings. The molecular weight excluding hydrogens is 330 g/mol. The van der Waals surface area contributed by atoms with Crippen molar-refractivity contribution >= 4 is 11.8 Å². The molecule has 3 N–H and O–H groups in total.